The number of halogens is 1. The summed E-state index contributed by atoms with van der Waals surface area (Å²) in [7, 11) is 0. The van der Waals surface area contributed by atoms with Gasteiger partial charge in [-0.25, -0.2) is 9.18 Å². The average Bonchev–Trinajstić information content (AvgIpc) is 3.43. The second-order valence-corrected chi connectivity index (χ2v) is 7.30. The summed E-state index contributed by atoms with van der Waals surface area (Å²) in [5.74, 6) is -0.207. The molecule has 1 heterocycles. The molecule has 2 aromatic carbocycles. The van der Waals surface area contributed by atoms with Gasteiger partial charge in [0, 0.05) is 26.2 Å². The molecule has 1 saturated heterocycles. The maximum Gasteiger partial charge on any atom is 0.318 e. The molecule has 2 fully saturated rings. The van der Waals surface area contributed by atoms with Gasteiger partial charge in [-0.15, -0.1) is 0 Å². The summed E-state index contributed by atoms with van der Waals surface area (Å²) in [6.45, 7) is 4.56. The van der Waals surface area contributed by atoms with Gasteiger partial charge in [0.15, 0.2) is 0 Å². The molecule has 4 nitrogen and oxygen atoms in total. The predicted molar refractivity (Wildman–Crippen MR) is 101 cm³/mol. The molecule has 5 heteroatoms. The van der Waals surface area contributed by atoms with Crippen LogP contribution >= 0.6 is 0 Å². The van der Waals surface area contributed by atoms with Crippen LogP contribution in [0.5, 0.6) is 0 Å². The van der Waals surface area contributed by atoms with Gasteiger partial charge in [0.1, 0.15) is 5.82 Å². The molecule has 0 aromatic heterocycles. The second kappa shape index (κ2) is 6.63. The van der Waals surface area contributed by atoms with E-state index in [9.17, 15) is 9.18 Å². The van der Waals surface area contributed by atoms with Crippen molar-refractivity contribution in [2.24, 2.45) is 0 Å². The summed E-state index contributed by atoms with van der Waals surface area (Å²) in [4.78, 5) is 16.6. The molecular formula is C21H24FN3O. The standard InChI is InChI=1S/C21H24FN3O/c1-16-6-8-17(9-7-16)21(10-11-21)23-20(26)25-14-12-24(13-15-25)19-5-3-2-4-18(19)22/h2-9H,10-15H2,1H3,(H,23,26). The zero-order valence-electron chi connectivity index (χ0n) is 15.0. The normalized spacial score (nSPS) is 18.5. The number of carbonyl (C=O) groups is 1. The Morgan fingerprint density at radius 1 is 1.00 bits per heavy atom. The maximum absolute atomic E-state index is 13.9. The third-order valence-electron chi connectivity index (χ3n) is 5.46. The number of anilines is 1. The van der Waals surface area contributed by atoms with Crippen molar-refractivity contribution in [3.63, 3.8) is 0 Å². The van der Waals surface area contributed by atoms with Crippen molar-refractivity contribution in [3.05, 3.63) is 65.5 Å². The number of urea groups is 1. The molecule has 2 aliphatic rings. The molecule has 2 amide bonds. The van der Waals surface area contributed by atoms with Gasteiger partial charge in [0.05, 0.1) is 11.2 Å². The van der Waals surface area contributed by atoms with E-state index in [1.807, 2.05) is 15.9 Å². The van der Waals surface area contributed by atoms with E-state index in [-0.39, 0.29) is 17.4 Å². The Kier molecular flexibility index (Phi) is 4.31. The summed E-state index contributed by atoms with van der Waals surface area (Å²) < 4.78 is 13.9. The highest BCUT2D eigenvalue weighted by Gasteiger charge is 2.46. The van der Waals surface area contributed by atoms with Gasteiger partial charge in [0.2, 0.25) is 0 Å². The fraction of sp³-hybridized carbons (Fsp3) is 0.381. The highest BCUT2D eigenvalue weighted by molar-refractivity contribution is 5.76. The topological polar surface area (TPSA) is 35.6 Å². The minimum Gasteiger partial charge on any atom is -0.366 e. The van der Waals surface area contributed by atoms with Crippen molar-refractivity contribution < 1.29 is 9.18 Å². The van der Waals surface area contributed by atoms with E-state index in [1.165, 1.54) is 17.2 Å². The van der Waals surface area contributed by atoms with Crippen molar-refractivity contribution in [3.8, 4) is 0 Å². The first-order valence-corrected chi connectivity index (χ1v) is 9.21. The molecule has 0 radical (unpaired) electrons. The molecule has 0 bridgehead atoms. The minimum atomic E-state index is -0.207. The van der Waals surface area contributed by atoms with E-state index in [0.717, 1.165) is 12.8 Å². The Morgan fingerprint density at radius 3 is 2.27 bits per heavy atom. The summed E-state index contributed by atoms with van der Waals surface area (Å²) in [5, 5.41) is 3.23. The maximum atomic E-state index is 13.9. The lowest BCUT2D eigenvalue weighted by molar-refractivity contribution is 0.188. The number of hydrogen-bond donors (Lipinski definition) is 1. The Morgan fingerprint density at radius 2 is 1.65 bits per heavy atom. The Balaban J connectivity index is 1.37. The SMILES string of the molecule is Cc1ccc(C2(NC(=O)N3CCN(c4ccccc4F)CC3)CC2)cc1. The van der Waals surface area contributed by atoms with E-state index in [1.54, 1.807) is 12.1 Å². The van der Waals surface area contributed by atoms with Crippen LogP contribution in [-0.2, 0) is 5.54 Å². The number of nitrogens with one attached hydrogen (secondary N) is 1. The number of para-hydroxylation sites is 1. The molecule has 4 rings (SSSR count). The van der Waals surface area contributed by atoms with E-state index < -0.39 is 0 Å². The van der Waals surface area contributed by atoms with Crippen molar-refractivity contribution >= 4 is 11.7 Å². The van der Waals surface area contributed by atoms with Crippen LogP contribution < -0.4 is 10.2 Å². The van der Waals surface area contributed by atoms with E-state index in [0.29, 0.717) is 31.9 Å². The van der Waals surface area contributed by atoms with Crippen LogP contribution in [0.4, 0.5) is 14.9 Å². The lowest BCUT2D eigenvalue weighted by Gasteiger charge is -2.37. The number of nitrogens with zero attached hydrogens (tertiary/aromatic N) is 2. The highest BCUT2D eigenvalue weighted by Crippen LogP contribution is 2.45. The molecule has 136 valence electrons. The van der Waals surface area contributed by atoms with E-state index in [4.69, 9.17) is 0 Å². The monoisotopic (exact) mass is 353 g/mol. The van der Waals surface area contributed by atoms with Crippen LogP contribution in [0.2, 0.25) is 0 Å². The highest BCUT2D eigenvalue weighted by atomic mass is 19.1. The Bertz CT molecular complexity index is 793. The third kappa shape index (κ3) is 3.26. The van der Waals surface area contributed by atoms with Crippen molar-refractivity contribution in [1.29, 1.82) is 0 Å². The van der Waals surface area contributed by atoms with Crippen molar-refractivity contribution in [1.82, 2.24) is 10.2 Å². The number of aryl methyl sites for hydroxylation is 1. The van der Waals surface area contributed by atoms with Gasteiger partial charge < -0.3 is 15.1 Å². The Labute approximate surface area is 153 Å². The van der Waals surface area contributed by atoms with Gasteiger partial charge in [-0.3, -0.25) is 0 Å². The van der Waals surface area contributed by atoms with Gasteiger partial charge >= 0.3 is 6.03 Å². The molecule has 1 aliphatic heterocycles. The molecule has 0 spiro atoms. The summed E-state index contributed by atoms with van der Waals surface area (Å²) in [6, 6.07) is 15.2. The van der Waals surface area contributed by atoms with E-state index >= 15 is 0 Å². The zero-order chi connectivity index (χ0) is 18.1. The van der Waals surface area contributed by atoms with Crippen LogP contribution in [0, 0.1) is 12.7 Å². The van der Waals surface area contributed by atoms with Gasteiger partial charge in [-0.2, -0.15) is 0 Å². The van der Waals surface area contributed by atoms with Crippen LogP contribution in [0.1, 0.15) is 24.0 Å². The smallest absolute Gasteiger partial charge is 0.318 e. The van der Waals surface area contributed by atoms with Crippen LogP contribution in [0.3, 0.4) is 0 Å². The van der Waals surface area contributed by atoms with Gasteiger partial charge in [-0.1, -0.05) is 42.0 Å². The molecule has 1 saturated carbocycles. The number of amides is 2. The second-order valence-electron chi connectivity index (χ2n) is 7.30. The zero-order valence-corrected chi connectivity index (χ0v) is 15.0. The molecular weight excluding hydrogens is 329 g/mol. The van der Waals surface area contributed by atoms with Crippen LogP contribution in [0.25, 0.3) is 0 Å². The first-order chi connectivity index (χ1) is 12.6. The predicted octanol–water partition coefficient (Wildman–Crippen LogP) is 3.66. The fourth-order valence-corrected chi connectivity index (χ4v) is 3.63. The van der Waals surface area contributed by atoms with Crippen LogP contribution in [-0.4, -0.2) is 37.1 Å². The lowest BCUT2D eigenvalue weighted by atomic mass is 10.0. The molecule has 26 heavy (non-hydrogen) atoms. The quantitative estimate of drug-likeness (QED) is 0.914. The largest absolute Gasteiger partial charge is 0.366 e. The average molecular weight is 353 g/mol. The summed E-state index contributed by atoms with van der Waals surface area (Å²) >= 11 is 0. The number of rotatable bonds is 3. The molecule has 1 N–H and O–H groups in total. The van der Waals surface area contributed by atoms with Gasteiger partial charge in [0.25, 0.3) is 0 Å². The number of piperazine rings is 1. The van der Waals surface area contributed by atoms with Crippen molar-refractivity contribution in [2.75, 3.05) is 31.1 Å². The first kappa shape index (κ1) is 16.9. The fourth-order valence-electron chi connectivity index (χ4n) is 3.63. The summed E-state index contributed by atoms with van der Waals surface area (Å²) in [5.41, 5.74) is 2.82. The molecule has 1 aliphatic carbocycles. The molecule has 2 aromatic rings. The van der Waals surface area contributed by atoms with Gasteiger partial charge in [-0.05, 0) is 37.5 Å². The number of benzene rings is 2. The Hall–Kier alpha value is -2.56. The summed E-state index contributed by atoms with van der Waals surface area (Å²) in [6.07, 6.45) is 1.97. The van der Waals surface area contributed by atoms with Crippen molar-refractivity contribution in [2.45, 2.75) is 25.3 Å². The minimum absolute atomic E-state index is 0.0174. The lowest BCUT2D eigenvalue weighted by Crippen LogP contribution is -2.53. The number of hydrogen-bond acceptors (Lipinski definition) is 2. The molecule has 0 atom stereocenters. The van der Waals surface area contributed by atoms with E-state index in [2.05, 4.69) is 36.5 Å². The molecule has 0 unspecified atom stereocenters. The number of carbonyl (C=O) groups excluding carboxylic acids is 1. The van der Waals surface area contributed by atoms with Crippen LogP contribution in [0.15, 0.2) is 48.5 Å². The third-order valence-corrected chi connectivity index (χ3v) is 5.46. The first-order valence-electron chi connectivity index (χ1n) is 9.21.